The summed E-state index contributed by atoms with van der Waals surface area (Å²) in [6.07, 6.45) is 3.94. The number of likely N-dealkylation sites (N-methyl/N-ethyl adjacent to an activating group) is 1. The Kier molecular flexibility index (Phi) is 12.4. The molecule has 0 aliphatic rings. The minimum absolute atomic E-state index is 0.307. The van der Waals surface area contributed by atoms with Crippen LogP contribution in [0, 0.1) is 0 Å². The summed E-state index contributed by atoms with van der Waals surface area (Å²) in [4.78, 5) is 31.0. The van der Waals surface area contributed by atoms with Crippen LogP contribution in [0.1, 0.15) is 30.4 Å². The Hall–Kier alpha value is -3.02. The first-order chi connectivity index (χ1) is 19.3. The lowest BCUT2D eigenvalue weighted by molar-refractivity contribution is -0.907. The van der Waals surface area contributed by atoms with Crippen molar-refractivity contribution in [3.05, 3.63) is 71.9 Å². The predicted octanol–water partition coefficient (Wildman–Crippen LogP) is 2.19. The van der Waals surface area contributed by atoms with E-state index in [0.29, 0.717) is 43.8 Å². The summed E-state index contributed by atoms with van der Waals surface area (Å²) in [5, 5.41) is 6.76. The smallest absolute Gasteiger partial charge is 0.247 e. The lowest BCUT2D eigenvalue weighted by Gasteiger charge is -2.34. The highest BCUT2D eigenvalue weighted by Gasteiger charge is 2.25. The molecule has 0 saturated carbocycles. The number of fused-ring (bicyclic) bond motifs is 1. The van der Waals surface area contributed by atoms with E-state index < -0.39 is 12.1 Å². The molecule has 10 heteroatoms. The summed E-state index contributed by atoms with van der Waals surface area (Å²) >= 11 is 4.35. The van der Waals surface area contributed by atoms with Crippen LogP contribution in [0.4, 0.5) is 5.69 Å². The number of nitrogens with zero attached hydrogens (tertiary/aromatic N) is 2. The number of aromatic nitrogens is 1. The molecule has 3 aromatic rings. The monoisotopic (exact) mass is 566 g/mol. The molecule has 2 aromatic carbocycles. The van der Waals surface area contributed by atoms with Gasteiger partial charge in [0.25, 0.3) is 0 Å². The fraction of sp³-hybridized carbons (Fsp3) is 0.433. The van der Waals surface area contributed by atoms with Gasteiger partial charge in [-0.15, -0.1) is 0 Å². The molecule has 0 bridgehead atoms. The zero-order valence-corrected chi connectivity index (χ0v) is 24.3. The molecule has 0 aliphatic heterocycles. The molecule has 0 radical (unpaired) electrons. The molecule has 1 heterocycles. The third-order valence-corrected chi connectivity index (χ3v) is 7.65. The van der Waals surface area contributed by atoms with Crippen LogP contribution >= 0.6 is 12.6 Å². The van der Waals surface area contributed by atoms with Crippen LogP contribution < -0.4 is 27.8 Å². The number of hydrogen-bond donors (Lipinski definition) is 6. The SMILES string of the molecule is C[N+](CCN)(CCN)CCC[C@H](N)C(=O)N[C@H](CCc1ccccc1)C(=O)Nc1cnc2ccc(CS)cc2c1. The molecule has 3 rings (SSSR count). The van der Waals surface area contributed by atoms with E-state index in [1.54, 1.807) is 6.20 Å². The molecule has 2 amide bonds. The number of thiol groups is 1. The summed E-state index contributed by atoms with van der Waals surface area (Å²) < 4.78 is 0.749. The summed E-state index contributed by atoms with van der Waals surface area (Å²) in [7, 11) is 2.12. The van der Waals surface area contributed by atoms with Gasteiger partial charge in [0.1, 0.15) is 6.04 Å². The van der Waals surface area contributed by atoms with Crippen LogP contribution in [0.25, 0.3) is 10.9 Å². The van der Waals surface area contributed by atoms with Gasteiger partial charge in [-0.3, -0.25) is 14.6 Å². The molecule has 0 aliphatic carbocycles. The van der Waals surface area contributed by atoms with Crippen LogP contribution in [0.5, 0.6) is 0 Å². The first-order valence-corrected chi connectivity index (χ1v) is 14.5. The average Bonchev–Trinajstić information content (AvgIpc) is 2.95. The largest absolute Gasteiger partial charge is 0.343 e. The van der Waals surface area contributed by atoms with E-state index in [1.807, 2.05) is 54.6 Å². The Labute approximate surface area is 242 Å². The normalized spacial score (nSPS) is 13.1. The molecule has 0 saturated heterocycles. The molecule has 8 N–H and O–H groups in total. The third kappa shape index (κ3) is 9.57. The van der Waals surface area contributed by atoms with Crippen molar-refractivity contribution in [2.24, 2.45) is 17.2 Å². The number of nitrogens with one attached hydrogen (secondary N) is 2. The van der Waals surface area contributed by atoms with Gasteiger partial charge in [-0.05, 0) is 55.0 Å². The predicted molar refractivity (Wildman–Crippen MR) is 166 cm³/mol. The van der Waals surface area contributed by atoms with Crippen molar-refractivity contribution in [3.8, 4) is 0 Å². The summed E-state index contributed by atoms with van der Waals surface area (Å²) in [5.41, 5.74) is 21.4. The molecule has 40 heavy (non-hydrogen) atoms. The van der Waals surface area contributed by atoms with Crippen LogP contribution in [0.15, 0.2) is 60.8 Å². The summed E-state index contributed by atoms with van der Waals surface area (Å²) in [6, 6.07) is 16.2. The van der Waals surface area contributed by atoms with E-state index in [-0.39, 0.29) is 11.8 Å². The quantitative estimate of drug-likeness (QED) is 0.116. The van der Waals surface area contributed by atoms with E-state index in [1.165, 1.54) is 0 Å². The second-order valence-electron chi connectivity index (χ2n) is 10.6. The number of carbonyl (C=O) groups excluding carboxylic acids is 2. The van der Waals surface area contributed by atoms with E-state index in [0.717, 1.165) is 52.6 Å². The maximum absolute atomic E-state index is 13.4. The van der Waals surface area contributed by atoms with Crippen molar-refractivity contribution < 1.29 is 14.1 Å². The van der Waals surface area contributed by atoms with Gasteiger partial charge in [-0.1, -0.05) is 36.4 Å². The maximum atomic E-state index is 13.4. The molecule has 9 nitrogen and oxygen atoms in total. The molecular formula is C30H44N7O2S+. The third-order valence-electron chi connectivity index (χ3n) is 7.28. The zero-order valence-electron chi connectivity index (χ0n) is 23.4. The van der Waals surface area contributed by atoms with E-state index in [9.17, 15) is 9.59 Å². The minimum Gasteiger partial charge on any atom is -0.343 e. The zero-order chi connectivity index (χ0) is 29.0. The summed E-state index contributed by atoms with van der Waals surface area (Å²) in [5.74, 6) is -0.0354. The van der Waals surface area contributed by atoms with E-state index >= 15 is 0 Å². The number of rotatable bonds is 16. The molecule has 0 fully saturated rings. The number of anilines is 1. The number of carbonyl (C=O) groups is 2. The van der Waals surface area contributed by atoms with E-state index in [2.05, 4.69) is 35.3 Å². The van der Waals surface area contributed by atoms with Crippen molar-refractivity contribution in [3.63, 3.8) is 0 Å². The Morgan fingerprint density at radius 1 is 0.950 bits per heavy atom. The van der Waals surface area contributed by atoms with Gasteiger partial charge in [-0.2, -0.15) is 12.6 Å². The topological polar surface area (TPSA) is 149 Å². The van der Waals surface area contributed by atoms with Gasteiger partial charge in [-0.25, -0.2) is 0 Å². The minimum atomic E-state index is -0.756. The van der Waals surface area contributed by atoms with Crippen molar-refractivity contribution in [2.45, 2.75) is 43.5 Å². The fourth-order valence-electron chi connectivity index (χ4n) is 4.86. The second kappa shape index (κ2) is 15.7. The van der Waals surface area contributed by atoms with Gasteiger partial charge in [0, 0.05) is 24.2 Å². The molecule has 0 unspecified atom stereocenters. The number of quaternary nitrogens is 1. The van der Waals surface area contributed by atoms with Crippen LogP contribution in [0.2, 0.25) is 0 Å². The Balaban J connectivity index is 1.67. The number of pyridine rings is 1. The van der Waals surface area contributed by atoms with Crippen LogP contribution in [-0.2, 0) is 21.8 Å². The van der Waals surface area contributed by atoms with Crippen LogP contribution in [0.3, 0.4) is 0 Å². The highest BCUT2D eigenvalue weighted by molar-refractivity contribution is 7.79. The molecular weight excluding hydrogens is 522 g/mol. The second-order valence-corrected chi connectivity index (χ2v) is 10.9. The highest BCUT2D eigenvalue weighted by Crippen LogP contribution is 2.20. The van der Waals surface area contributed by atoms with Crippen molar-refractivity contribution in [1.29, 1.82) is 0 Å². The van der Waals surface area contributed by atoms with Crippen LogP contribution in [-0.4, -0.2) is 73.1 Å². The van der Waals surface area contributed by atoms with Crippen molar-refractivity contribution >= 4 is 41.0 Å². The van der Waals surface area contributed by atoms with E-state index in [4.69, 9.17) is 17.2 Å². The van der Waals surface area contributed by atoms with Gasteiger partial charge in [0.2, 0.25) is 11.8 Å². The molecule has 1 aromatic heterocycles. The average molecular weight is 567 g/mol. The molecule has 2 atom stereocenters. The Morgan fingerprint density at radius 2 is 1.68 bits per heavy atom. The maximum Gasteiger partial charge on any atom is 0.247 e. The molecule has 0 spiro atoms. The Morgan fingerprint density at radius 3 is 2.35 bits per heavy atom. The number of amides is 2. The van der Waals surface area contributed by atoms with Gasteiger partial charge >= 0.3 is 0 Å². The number of hydrogen-bond acceptors (Lipinski definition) is 7. The Bertz CT molecular complexity index is 1240. The lowest BCUT2D eigenvalue weighted by Crippen LogP contribution is -2.52. The first kappa shape index (κ1) is 31.5. The van der Waals surface area contributed by atoms with Gasteiger partial charge in [0.05, 0.1) is 50.1 Å². The molecule has 216 valence electrons. The number of benzene rings is 2. The van der Waals surface area contributed by atoms with Crippen molar-refractivity contribution in [1.82, 2.24) is 10.3 Å². The van der Waals surface area contributed by atoms with Crippen molar-refractivity contribution in [2.75, 3.05) is 45.1 Å². The lowest BCUT2D eigenvalue weighted by atomic mass is 10.0. The number of nitrogens with two attached hydrogens (primary N) is 3. The number of aryl methyl sites for hydroxylation is 1. The highest BCUT2D eigenvalue weighted by atomic mass is 32.1. The summed E-state index contributed by atoms with van der Waals surface area (Å²) in [6.45, 7) is 3.62. The van der Waals surface area contributed by atoms with Gasteiger partial charge < -0.3 is 32.3 Å². The first-order valence-electron chi connectivity index (χ1n) is 13.9. The fourth-order valence-corrected chi connectivity index (χ4v) is 5.06. The standard InChI is InChI=1S/C30H43N7O2S/c1-37(16-13-31,17-14-32)15-5-8-26(33)29(38)36-28(12-9-22-6-3-2-4-7-22)30(39)35-25-19-24-18-23(21-40)10-11-27(24)34-20-25/h2-4,6-7,10-11,18-20,26,28H,5,8-9,12-17,21,31-33H2,1H3,(H2-,35,36,38,39,40)/p+1/t26-,28+/m0/s1. The van der Waals surface area contributed by atoms with Gasteiger partial charge in [0.15, 0.2) is 0 Å².